The van der Waals surface area contributed by atoms with Crippen LogP contribution in [0.4, 0.5) is 13.2 Å². The molecule has 0 fully saturated rings. The van der Waals surface area contributed by atoms with Crippen molar-refractivity contribution in [1.82, 2.24) is 4.98 Å². The number of nitrogens with zero attached hydrogens (tertiary/aromatic N) is 1. The summed E-state index contributed by atoms with van der Waals surface area (Å²) < 4.78 is 43.8. The standard InChI is InChI=1S/C15H15F3N2O/c1-10(19)8-11-6-7-14(20-9-11)21-13-5-3-2-4-12(13)15(16,17)18/h2-7,9-10H,8,19H2,1H3. The Kier molecular flexibility index (Phi) is 4.47. The van der Waals surface area contributed by atoms with Gasteiger partial charge in [0.2, 0.25) is 5.88 Å². The number of aromatic nitrogens is 1. The predicted octanol–water partition coefficient (Wildman–Crippen LogP) is 3.78. The smallest absolute Gasteiger partial charge is 0.419 e. The zero-order chi connectivity index (χ0) is 15.5. The molecule has 1 heterocycles. The van der Waals surface area contributed by atoms with Crippen LogP contribution in [0.2, 0.25) is 0 Å². The number of hydrogen-bond acceptors (Lipinski definition) is 3. The average molecular weight is 296 g/mol. The van der Waals surface area contributed by atoms with Gasteiger partial charge in [0.05, 0.1) is 5.56 Å². The number of halogens is 3. The number of ether oxygens (including phenoxy) is 1. The van der Waals surface area contributed by atoms with Crippen LogP contribution in [-0.2, 0) is 12.6 Å². The molecule has 0 bridgehead atoms. The van der Waals surface area contributed by atoms with Crippen molar-refractivity contribution >= 4 is 0 Å². The normalized spacial score (nSPS) is 13.0. The molecule has 6 heteroatoms. The van der Waals surface area contributed by atoms with E-state index in [1.807, 2.05) is 6.92 Å². The summed E-state index contributed by atoms with van der Waals surface area (Å²) in [5.41, 5.74) is 5.75. The van der Waals surface area contributed by atoms with Gasteiger partial charge in [0.15, 0.2) is 0 Å². The molecule has 0 amide bonds. The molecule has 1 aromatic heterocycles. The van der Waals surface area contributed by atoms with Crippen molar-refractivity contribution in [2.24, 2.45) is 5.73 Å². The van der Waals surface area contributed by atoms with Crippen molar-refractivity contribution in [3.8, 4) is 11.6 Å². The molecule has 0 aliphatic heterocycles. The Hall–Kier alpha value is -2.08. The fourth-order valence-electron chi connectivity index (χ4n) is 1.87. The number of pyridine rings is 1. The van der Waals surface area contributed by atoms with Gasteiger partial charge in [-0.15, -0.1) is 0 Å². The molecule has 21 heavy (non-hydrogen) atoms. The third-order valence-corrected chi connectivity index (χ3v) is 2.76. The first-order valence-electron chi connectivity index (χ1n) is 6.41. The quantitative estimate of drug-likeness (QED) is 0.934. The van der Waals surface area contributed by atoms with Crippen LogP contribution < -0.4 is 10.5 Å². The van der Waals surface area contributed by atoms with E-state index >= 15 is 0 Å². The number of rotatable bonds is 4. The molecule has 0 radical (unpaired) electrons. The second-order valence-electron chi connectivity index (χ2n) is 4.78. The number of para-hydroxylation sites is 1. The topological polar surface area (TPSA) is 48.1 Å². The van der Waals surface area contributed by atoms with E-state index in [0.717, 1.165) is 11.6 Å². The molecule has 1 atom stereocenters. The molecule has 0 aliphatic carbocycles. The number of benzene rings is 1. The summed E-state index contributed by atoms with van der Waals surface area (Å²) in [5.74, 6) is -0.155. The molecule has 0 aliphatic rings. The zero-order valence-corrected chi connectivity index (χ0v) is 11.4. The number of hydrogen-bond donors (Lipinski definition) is 1. The molecule has 0 saturated carbocycles. The Morgan fingerprint density at radius 2 is 1.90 bits per heavy atom. The fourth-order valence-corrected chi connectivity index (χ4v) is 1.87. The van der Waals surface area contributed by atoms with Crippen LogP contribution in [0.1, 0.15) is 18.1 Å². The Labute approximate surface area is 120 Å². The average Bonchev–Trinajstić information content (AvgIpc) is 2.40. The maximum Gasteiger partial charge on any atom is 0.419 e. The van der Waals surface area contributed by atoms with E-state index in [1.54, 1.807) is 12.3 Å². The van der Waals surface area contributed by atoms with E-state index in [9.17, 15) is 13.2 Å². The molecule has 112 valence electrons. The molecular formula is C15H15F3N2O. The lowest BCUT2D eigenvalue weighted by Gasteiger charge is -2.13. The van der Waals surface area contributed by atoms with Gasteiger partial charge in [-0.3, -0.25) is 0 Å². The second-order valence-corrected chi connectivity index (χ2v) is 4.78. The number of alkyl halides is 3. The van der Waals surface area contributed by atoms with Crippen molar-refractivity contribution in [2.45, 2.75) is 25.6 Å². The van der Waals surface area contributed by atoms with Crippen LogP contribution in [0.5, 0.6) is 11.6 Å². The lowest BCUT2D eigenvalue weighted by molar-refractivity contribution is -0.138. The van der Waals surface area contributed by atoms with Gasteiger partial charge >= 0.3 is 6.18 Å². The van der Waals surface area contributed by atoms with Crippen LogP contribution in [0, 0.1) is 0 Å². The Balaban J connectivity index is 2.19. The first kappa shape index (κ1) is 15.3. The predicted molar refractivity (Wildman–Crippen MR) is 73.1 cm³/mol. The third-order valence-electron chi connectivity index (χ3n) is 2.76. The molecule has 1 aromatic carbocycles. The summed E-state index contributed by atoms with van der Waals surface area (Å²) in [6.45, 7) is 1.87. The summed E-state index contributed by atoms with van der Waals surface area (Å²) >= 11 is 0. The molecular weight excluding hydrogens is 281 g/mol. The summed E-state index contributed by atoms with van der Waals surface area (Å²) in [6, 6.07) is 8.29. The summed E-state index contributed by atoms with van der Waals surface area (Å²) in [7, 11) is 0. The first-order chi connectivity index (χ1) is 9.86. The summed E-state index contributed by atoms with van der Waals surface area (Å²) in [5, 5.41) is 0. The van der Waals surface area contributed by atoms with E-state index in [-0.39, 0.29) is 17.7 Å². The number of nitrogens with two attached hydrogens (primary N) is 1. The minimum atomic E-state index is -4.47. The first-order valence-corrected chi connectivity index (χ1v) is 6.41. The van der Waals surface area contributed by atoms with Crippen LogP contribution in [0.15, 0.2) is 42.6 Å². The van der Waals surface area contributed by atoms with Crippen molar-refractivity contribution in [1.29, 1.82) is 0 Å². The largest absolute Gasteiger partial charge is 0.438 e. The van der Waals surface area contributed by atoms with E-state index in [4.69, 9.17) is 10.5 Å². The molecule has 1 unspecified atom stereocenters. The van der Waals surface area contributed by atoms with Gasteiger partial charge in [0, 0.05) is 18.3 Å². The molecule has 0 saturated heterocycles. The Bertz CT molecular complexity index is 595. The molecule has 2 rings (SSSR count). The molecule has 2 aromatic rings. The van der Waals surface area contributed by atoms with Crippen LogP contribution in [-0.4, -0.2) is 11.0 Å². The Morgan fingerprint density at radius 3 is 2.48 bits per heavy atom. The van der Waals surface area contributed by atoms with Gasteiger partial charge in [-0.2, -0.15) is 13.2 Å². The third kappa shape index (κ3) is 4.19. The lowest BCUT2D eigenvalue weighted by Crippen LogP contribution is -2.17. The lowest BCUT2D eigenvalue weighted by atomic mass is 10.1. The van der Waals surface area contributed by atoms with Crippen LogP contribution >= 0.6 is 0 Å². The van der Waals surface area contributed by atoms with Crippen molar-refractivity contribution < 1.29 is 17.9 Å². The van der Waals surface area contributed by atoms with Gasteiger partial charge in [-0.1, -0.05) is 18.2 Å². The highest BCUT2D eigenvalue weighted by atomic mass is 19.4. The van der Waals surface area contributed by atoms with Gasteiger partial charge in [0.25, 0.3) is 0 Å². The van der Waals surface area contributed by atoms with E-state index in [0.29, 0.717) is 6.42 Å². The Morgan fingerprint density at radius 1 is 1.19 bits per heavy atom. The molecule has 3 nitrogen and oxygen atoms in total. The van der Waals surface area contributed by atoms with E-state index in [2.05, 4.69) is 4.98 Å². The van der Waals surface area contributed by atoms with Gasteiger partial charge in [-0.25, -0.2) is 4.98 Å². The van der Waals surface area contributed by atoms with Crippen LogP contribution in [0.25, 0.3) is 0 Å². The zero-order valence-electron chi connectivity index (χ0n) is 11.4. The minimum absolute atomic E-state index is 0.00970. The van der Waals surface area contributed by atoms with Gasteiger partial charge < -0.3 is 10.5 Å². The van der Waals surface area contributed by atoms with Gasteiger partial charge in [0.1, 0.15) is 5.75 Å². The summed E-state index contributed by atoms with van der Waals surface area (Å²) in [4.78, 5) is 4.01. The van der Waals surface area contributed by atoms with Crippen molar-refractivity contribution in [2.75, 3.05) is 0 Å². The maximum absolute atomic E-state index is 12.8. The second kappa shape index (κ2) is 6.13. The monoisotopic (exact) mass is 296 g/mol. The maximum atomic E-state index is 12.8. The van der Waals surface area contributed by atoms with Crippen molar-refractivity contribution in [3.63, 3.8) is 0 Å². The SMILES string of the molecule is CC(N)Cc1ccc(Oc2ccccc2C(F)(F)F)nc1. The van der Waals surface area contributed by atoms with Crippen LogP contribution in [0.3, 0.4) is 0 Å². The fraction of sp³-hybridized carbons (Fsp3) is 0.267. The minimum Gasteiger partial charge on any atom is -0.438 e. The highest BCUT2D eigenvalue weighted by molar-refractivity contribution is 5.38. The molecule has 2 N–H and O–H groups in total. The van der Waals surface area contributed by atoms with Crippen molar-refractivity contribution in [3.05, 3.63) is 53.7 Å². The van der Waals surface area contributed by atoms with Gasteiger partial charge in [-0.05, 0) is 31.0 Å². The van der Waals surface area contributed by atoms with E-state index < -0.39 is 11.7 Å². The molecule has 0 spiro atoms. The summed E-state index contributed by atoms with van der Waals surface area (Å²) in [6.07, 6.45) is -2.27. The highest BCUT2D eigenvalue weighted by Crippen LogP contribution is 2.37. The van der Waals surface area contributed by atoms with E-state index in [1.165, 1.54) is 24.3 Å². The highest BCUT2D eigenvalue weighted by Gasteiger charge is 2.34.